The Morgan fingerprint density at radius 3 is 2.10 bits per heavy atom. The van der Waals surface area contributed by atoms with Crippen molar-refractivity contribution in [2.24, 2.45) is 0 Å². The maximum absolute atomic E-state index is 12.6. The van der Waals surface area contributed by atoms with Crippen LogP contribution in [0.4, 0.5) is 17.1 Å². The lowest BCUT2D eigenvalue weighted by Crippen LogP contribution is -2.20. The van der Waals surface area contributed by atoms with Crippen molar-refractivity contribution < 1.29 is 9.53 Å². The van der Waals surface area contributed by atoms with E-state index in [1.807, 2.05) is 42.5 Å². The molecular weight excluding hydrogens is 406 g/mol. The van der Waals surface area contributed by atoms with E-state index in [-0.39, 0.29) is 11.3 Å². The van der Waals surface area contributed by atoms with E-state index in [1.54, 1.807) is 25.3 Å². The average molecular weight is 434 g/mol. The second-order valence-corrected chi connectivity index (χ2v) is 8.55. The van der Waals surface area contributed by atoms with Crippen LogP contribution in [0.5, 0.6) is 5.75 Å². The molecule has 0 aliphatic heterocycles. The van der Waals surface area contributed by atoms with E-state index in [0.717, 1.165) is 11.4 Å². The van der Waals surface area contributed by atoms with E-state index in [2.05, 4.69) is 48.9 Å². The first-order valence-corrected chi connectivity index (χ1v) is 10.4. The Hall–Kier alpha value is -3.38. The van der Waals surface area contributed by atoms with Gasteiger partial charge in [-0.25, -0.2) is 0 Å². The minimum atomic E-state index is -0.214. The summed E-state index contributed by atoms with van der Waals surface area (Å²) >= 11 is 5.47. The molecule has 0 aliphatic rings. The van der Waals surface area contributed by atoms with Gasteiger partial charge in [-0.15, -0.1) is 0 Å². The van der Waals surface area contributed by atoms with Crippen molar-refractivity contribution >= 4 is 40.3 Å². The highest BCUT2D eigenvalue weighted by molar-refractivity contribution is 7.80. The van der Waals surface area contributed by atoms with Crippen molar-refractivity contribution in [1.82, 2.24) is 0 Å². The SMILES string of the molecule is COc1ccc(C(=O)Nc2ccccc2)cc1NC(=S)Nc1ccc(C(C)(C)C)cc1. The molecule has 160 valence electrons. The van der Waals surface area contributed by atoms with Crippen molar-refractivity contribution in [2.75, 3.05) is 23.1 Å². The summed E-state index contributed by atoms with van der Waals surface area (Å²) in [6, 6.07) is 22.6. The number of rotatable bonds is 5. The summed E-state index contributed by atoms with van der Waals surface area (Å²) in [5, 5.41) is 9.58. The largest absolute Gasteiger partial charge is 0.495 e. The Morgan fingerprint density at radius 1 is 0.839 bits per heavy atom. The zero-order chi connectivity index (χ0) is 22.4. The molecule has 3 N–H and O–H groups in total. The van der Waals surface area contributed by atoms with Crippen LogP contribution in [0.15, 0.2) is 72.8 Å². The number of ether oxygens (including phenoxy) is 1. The quantitative estimate of drug-likeness (QED) is 0.427. The predicted molar refractivity (Wildman–Crippen MR) is 132 cm³/mol. The van der Waals surface area contributed by atoms with Gasteiger partial charge in [0.15, 0.2) is 5.11 Å². The summed E-state index contributed by atoms with van der Waals surface area (Å²) in [6.07, 6.45) is 0. The van der Waals surface area contributed by atoms with Gasteiger partial charge in [-0.3, -0.25) is 4.79 Å². The summed E-state index contributed by atoms with van der Waals surface area (Å²) in [5.41, 5.74) is 4.04. The molecule has 1 amide bonds. The molecule has 0 unspecified atom stereocenters. The summed E-state index contributed by atoms with van der Waals surface area (Å²) in [4.78, 5) is 12.6. The van der Waals surface area contributed by atoms with E-state index >= 15 is 0 Å². The van der Waals surface area contributed by atoms with E-state index in [1.165, 1.54) is 5.56 Å². The van der Waals surface area contributed by atoms with Crippen LogP contribution in [0.1, 0.15) is 36.7 Å². The van der Waals surface area contributed by atoms with Gasteiger partial charge in [-0.2, -0.15) is 0 Å². The molecule has 5 nitrogen and oxygen atoms in total. The van der Waals surface area contributed by atoms with Crippen molar-refractivity contribution in [3.63, 3.8) is 0 Å². The lowest BCUT2D eigenvalue weighted by molar-refractivity contribution is 0.102. The number of hydrogen-bond donors (Lipinski definition) is 3. The first-order valence-electron chi connectivity index (χ1n) is 9.99. The van der Waals surface area contributed by atoms with Gasteiger partial charge in [-0.1, -0.05) is 51.1 Å². The Kier molecular flexibility index (Phi) is 6.92. The molecule has 0 radical (unpaired) electrons. The highest BCUT2D eigenvalue weighted by atomic mass is 32.1. The Labute approximate surface area is 188 Å². The van der Waals surface area contributed by atoms with Crippen LogP contribution in [0.2, 0.25) is 0 Å². The smallest absolute Gasteiger partial charge is 0.255 e. The topological polar surface area (TPSA) is 62.4 Å². The van der Waals surface area contributed by atoms with Crippen molar-refractivity contribution in [1.29, 1.82) is 0 Å². The second-order valence-electron chi connectivity index (χ2n) is 8.14. The van der Waals surface area contributed by atoms with Crippen molar-refractivity contribution in [3.8, 4) is 5.75 Å². The van der Waals surface area contributed by atoms with Gasteiger partial charge in [0, 0.05) is 16.9 Å². The number of amides is 1. The third kappa shape index (κ3) is 6.06. The number of nitrogens with one attached hydrogen (secondary N) is 3. The van der Waals surface area contributed by atoms with E-state index in [4.69, 9.17) is 17.0 Å². The molecule has 3 aromatic rings. The fourth-order valence-corrected chi connectivity index (χ4v) is 3.24. The molecule has 0 bridgehead atoms. The van der Waals surface area contributed by atoms with Gasteiger partial charge in [-0.05, 0) is 65.7 Å². The molecule has 0 fully saturated rings. The van der Waals surface area contributed by atoms with Crippen LogP contribution in [-0.4, -0.2) is 18.1 Å². The van der Waals surface area contributed by atoms with Crippen LogP contribution in [0, 0.1) is 0 Å². The van der Waals surface area contributed by atoms with Crippen LogP contribution in [0.25, 0.3) is 0 Å². The van der Waals surface area contributed by atoms with Crippen LogP contribution in [0.3, 0.4) is 0 Å². The van der Waals surface area contributed by atoms with Crippen molar-refractivity contribution in [2.45, 2.75) is 26.2 Å². The number of carbonyl (C=O) groups excluding carboxylic acids is 1. The standard InChI is InChI=1S/C25H27N3O2S/c1-25(2,3)18-11-13-20(14-12-18)27-24(31)28-21-16-17(10-15-22(21)30-4)23(29)26-19-8-6-5-7-9-19/h5-16H,1-4H3,(H,26,29)(H2,27,28,31). The Morgan fingerprint density at radius 2 is 1.48 bits per heavy atom. The Balaban J connectivity index is 1.71. The van der Waals surface area contributed by atoms with E-state index in [0.29, 0.717) is 22.1 Å². The molecule has 0 aliphatic carbocycles. The van der Waals surface area contributed by atoms with Gasteiger partial charge < -0.3 is 20.7 Å². The zero-order valence-corrected chi connectivity index (χ0v) is 19.0. The number of para-hydroxylation sites is 1. The molecule has 6 heteroatoms. The van der Waals surface area contributed by atoms with Gasteiger partial charge in [0.1, 0.15) is 5.75 Å². The van der Waals surface area contributed by atoms with E-state index < -0.39 is 0 Å². The fourth-order valence-electron chi connectivity index (χ4n) is 3.01. The fraction of sp³-hybridized carbons (Fsp3) is 0.200. The third-order valence-corrected chi connectivity index (χ3v) is 4.95. The number of carbonyl (C=O) groups is 1. The number of thiocarbonyl (C=S) groups is 1. The molecule has 3 rings (SSSR count). The summed E-state index contributed by atoms with van der Waals surface area (Å²) in [7, 11) is 1.58. The monoisotopic (exact) mass is 433 g/mol. The zero-order valence-electron chi connectivity index (χ0n) is 18.2. The average Bonchev–Trinajstić information content (AvgIpc) is 2.74. The Bertz CT molecular complexity index is 1060. The highest BCUT2D eigenvalue weighted by Gasteiger charge is 2.14. The number of methoxy groups -OCH3 is 1. The molecule has 0 saturated heterocycles. The normalized spacial score (nSPS) is 10.8. The summed E-state index contributed by atoms with van der Waals surface area (Å²) in [6.45, 7) is 6.53. The van der Waals surface area contributed by atoms with Crippen molar-refractivity contribution in [3.05, 3.63) is 83.9 Å². The third-order valence-electron chi connectivity index (χ3n) is 4.75. The first kappa shape index (κ1) is 22.3. The number of anilines is 3. The lowest BCUT2D eigenvalue weighted by Gasteiger charge is -2.19. The van der Waals surface area contributed by atoms with Crippen LogP contribution in [-0.2, 0) is 5.41 Å². The molecule has 0 aromatic heterocycles. The van der Waals surface area contributed by atoms with Crippen LogP contribution >= 0.6 is 12.2 Å². The molecule has 0 heterocycles. The molecule has 31 heavy (non-hydrogen) atoms. The van der Waals surface area contributed by atoms with Gasteiger partial charge in [0.25, 0.3) is 5.91 Å². The number of benzene rings is 3. The second kappa shape index (κ2) is 9.62. The first-order chi connectivity index (χ1) is 14.8. The van der Waals surface area contributed by atoms with Gasteiger partial charge in [0.2, 0.25) is 0 Å². The van der Waals surface area contributed by atoms with Gasteiger partial charge >= 0.3 is 0 Å². The summed E-state index contributed by atoms with van der Waals surface area (Å²) < 4.78 is 5.42. The molecule has 0 saturated carbocycles. The maximum atomic E-state index is 12.6. The molecular formula is C25H27N3O2S. The van der Waals surface area contributed by atoms with Gasteiger partial charge in [0.05, 0.1) is 12.8 Å². The predicted octanol–water partition coefficient (Wildman–Crippen LogP) is 6.05. The minimum Gasteiger partial charge on any atom is -0.495 e. The van der Waals surface area contributed by atoms with Crippen LogP contribution < -0.4 is 20.7 Å². The summed E-state index contributed by atoms with van der Waals surface area (Å²) in [5.74, 6) is 0.372. The maximum Gasteiger partial charge on any atom is 0.255 e. The highest BCUT2D eigenvalue weighted by Crippen LogP contribution is 2.27. The minimum absolute atomic E-state index is 0.0887. The number of hydrogen-bond acceptors (Lipinski definition) is 3. The molecule has 0 atom stereocenters. The van der Waals surface area contributed by atoms with E-state index in [9.17, 15) is 4.79 Å². The molecule has 3 aromatic carbocycles. The lowest BCUT2D eigenvalue weighted by atomic mass is 9.87. The molecule has 0 spiro atoms.